The fourth-order valence-electron chi connectivity index (χ4n) is 13.8. The first-order valence-electron chi connectivity index (χ1n) is 19.7. The van der Waals surface area contributed by atoms with Crippen LogP contribution in [0.4, 0.5) is 0 Å². The summed E-state index contributed by atoms with van der Waals surface area (Å²) < 4.78 is 7.84. The third-order valence-electron chi connectivity index (χ3n) is 17.6. The van der Waals surface area contributed by atoms with Gasteiger partial charge in [-0.3, -0.25) is 0 Å². The second kappa shape index (κ2) is 12.0. The summed E-state index contributed by atoms with van der Waals surface area (Å²) in [6.45, 7) is 30.8. The number of allylic oxidation sites excluding steroid dienone is 2. The van der Waals surface area contributed by atoms with Gasteiger partial charge in [-0.15, -0.1) is 0 Å². The van der Waals surface area contributed by atoms with Crippen molar-refractivity contribution in [3.05, 3.63) is 12.2 Å². The Morgan fingerprint density at radius 2 is 1.33 bits per heavy atom. The average molecular weight is 627 g/mol. The van der Waals surface area contributed by atoms with E-state index in [0.717, 1.165) is 34.8 Å². The van der Waals surface area contributed by atoms with Crippen molar-refractivity contribution < 1.29 is 4.74 Å². The van der Waals surface area contributed by atoms with Crippen LogP contribution in [0, 0.1) is 46.3 Å². The zero-order valence-corrected chi connectivity index (χ0v) is 33.1. The number of rotatable bonds is 12. The number of hydrogen-bond donors (Lipinski definition) is 0. The maximum Gasteiger partial charge on any atom is 0.104 e. The van der Waals surface area contributed by atoms with Crippen LogP contribution in [-0.2, 0) is 4.74 Å². The molecular weight excluding hydrogens is 553 g/mol. The molecule has 0 radical (unpaired) electrons. The Morgan fingerprint density at radius 1 is 0.721 bits per heavy atom. The molecule has 1 saturated heterocycles. The highest BCUT2D eigenvalue weighted by Gasteiger charge is 2.89. The third-order valence-corrected chi connectivity index (χ3v) is 30.4. The summed E-state index contributed by atoms with van der Waals surface area (Å²) in [6, 6.07) is 8.94. The van der Waals surface area contributed by atoms with E-state index < -0.39 is 16.1 Å². The zero-order chi connectivity index (χ0) is 31.6. The molecule has 0 aromatic heterocycles. The lowest BCUT2D eigenvalue weighted by Gasteiger charge is -2.64. The van der Waals surface area contributed by atoms with Crippen molar-refractivity contribution in [2.24, 2.45) is 46.3 Å². The topological polar surface area (TPSA) is 12.5 Å². The molecule has 1 heterocycles. The van der Waals surface area contributed by atoms with Crippen LogP contribution in [0.2, 0.25) is 47.3 Å². The van der Waals surface area contributed by atoms with E-state index in [1.165, 1.54) is 81.2 Å². The van der Waals surface area contributed by atoms with Crippen molar-refractivity contribution in [3.8, 4) is 0 Å². The maximum atomic E-state index is 7.84. The van der Waals surface area contributed by atoms with Crippen LogP contribution in [0.25, 0.3) is 0 Å². The van der Waals surface area contributed by atoms with Gasteiger partial charge in [0.1, 0.15) is 11.2 Å². The molecule has 0 amide bonds. The predicted octanol–water partition coefficient (Wildman–Crippen LogP) is 12.8. The molecule has 5 aliphatic rings. The van der Waals surface area contributed by atoms with Gasteiger partial charge >= 0.3 is 0 Å². The van der Waals surface area contributed by atoms with Crippen molar-refractivity contribution in [1.82, 2.24) is 0 Å². The average Bonchev–Trinajstić information content (AvgIpc) is 3.60. The minimum atomic E-state index is -1.48. The lowest BCUT2D eigenvalue weighted by Crippen LogP contribution is -2.65. The summed E-state index contributed by atoms with van der Waals surface area (Å²) in [5, 5.41) is 0. The van der Waals surface area contributed by atoms with Crippen LogP contribution in [0.15, 0.2) is 12.2 Å². The number of epoxide rings is 1. The molecule has 3 heteroatoms. The van der Waals surface area contributed by atoms with Crippen molar-refractivity contribution in [1.29, 1.82) is 0 Å². The van der Waals surface area contributed by atoms with Gasteiger partial charge in [-0.25, -0.2) is 0 Å². The summed E-state index contributed by atoms with van der Waals surface area (Å²) in [7, 11) is -2.65. The van der Waals surface area contributed by atoms with E-state index in [9.17, 15) is 0 Å². The molecule has 1 aliphatic heterocycles. The number of fused-ring (bicyclic) bond motifs is 2. The summed E-state index contributed by atoms with van der Waals surface area (Å²) >= 11 is 0. The monoisotopic (exact) mass is 627 g/mol. The van der Waals surface area contributed by atoms with E-state index in [2.05, 4.69) is 95.2 Å². The van der Waals surface area contributed by atoms with Gasteiger partial charge in [0, 0.05) is 5.41 Å². The van der Waals surface area contributed by atoms with Crippen molar-refractivity contribution in [3.63, 3.8) is 0 Å². The maximum absolute atomic E-state index is 7.84. The van der Waals surface area contributed by atoms with Gasteiger partial charge in [-0.05, 0) is 97.0 Å². The molecule has 5 rings (SSSR count). The molecular formula is C40H74OSi2. The van der Waals surface area contributed by atoms with Gasteiger partial charge in [0.25, 0.3) is 0 Å². The SMILES string of the molecule is CC[Si](CC)(CC)[C@H]1CC[C@@]2(C)[C@H](C1)C[C@@H]([Si](CC)(CC)CC)[C@]13O[C@]14CC[C@H]([C@H](C)C=C[C@H](C)C(C)C)[C@@]4(C)CC[C@H]23. The fourth-order valence-corrected chi connectivity index (χ4v) is 23.7. The normalized spacial score (nSPS) is 44.1. The van der Waals surface area contributed by atoms with Gasteiger partial charge in [-0.2, -0.15) is 0 Å². The molecule has 11 atom stereocenters. The van der Waals surface area contributed by atoms with E-state index >= 15 is 0 Å². The van der Waals surface area contributed by atoms with E-state index in [0.29, 0.717) is 22.7 Å². The molecule has 4 saturated carbocycles. The molecule has 43 heavy (non-hydrogen) atoms. The van der Waals surface area contributed by atoms with Gasteiger partial charge < -0.3 is 4.74 Å². The minimum Gasteiger partial charge on any atom is -0.362 e. The first-order valence-corrected chi connectivity index (χ1v) is 25.1. The molecule has 1 nitrogen and oxygen atoms in total. The molecule has 0 aromatic carbocycles. The molecule has 0 bridgehead atoms. The van der Waals surface area contributed by atoms with E-state index in [1.54, 1.807) is 6.42 Å². The summed E-state index contributed by atoms with van der Waals surface area (Å²) in [6.07, 6.45) is 16.9. The Kier molecular flexibility index (Phi) is 9.60. The molecule has 0 aromatic rings. The Bertz CT molecular complexity index is 995. The molecule has 0 unspecified atom stereocenters. The smallest absolute Gasteiger partial charge is 0.104 e. The van der Waals surface area contributed by atoms with Crippen molar-refractivity contribution in [2.45, 2.75) is 193 Å². The fraction of sp³-hybridized carbons (Fsp3) is 0.950. The van der Waals surface area contributed by atoms with Crippen molar-refractivity contribution in [2.75, 3.05) is 0 Å². The molecule has 2 spiro atoms. The predicted molar refractivity (Wildman–Crippen MR) is 194 cm³/mol. The Hall–Kier alpha value is 0.134. The Morgan fingerprint density at radius 3 is 1.88 bits per heavy atom. The molecule has 4 aliphatic carbocycles. The van der Waals surface area contributed by atoms with Crippen LogP contribution < -0.4 is 0 Å². The second-order valence-corrected chi connectivity index (χ2v) is 29.2. The summed E-state index contributed by atoms with van der Waals surface area (Å²) in [4.78, 5) is 0. The quantitative estimate of drug-likeness (QED) is 0.119. The van der Waals surface area contributed by atoms with Gasteiger partial charge in [-0.1, -0.05) is 138 Å². The van der Waals surface area contributed by atoms with Gasteiger partial charge in [0.05, 0.1) is 16.1 Å². The third kappa shape index (κ3) is 4.63. The van der Waals surface area contributed by atoms with Gasteiger partial charge in [0.2, 0.25) is 0 Å². The molecule has 248 valence electrons. The van der Waals surface area contributed by atoms with Gasteiger partial charge in [0.15, 0.2) is 0 Å². The van der Waals surface area contributed by atoms with Crippen LogP contribution in [0.1, 0.15) is 134 Å². The highest BCUT2D eigenvalue weighted by atomic mass is 28.3. The first-order chi connectivity index (χ1) is 20.3. The molecule has 5 fully saturated rings. The van der Waals surface area contributed by atoms with E-state index in [-0.39, 0.29) is 11.2 Å². The number of hydrogen-bond acceptors (Lipinski definition) is 1. The Labute approximate surface area is 271 Å². The standard InChI is InChI=1S/C40H74OSi2/c1-13-42(14-2,15-3)33-21-24-37(11)32(27-33)28-36(43(16-4,17-5)18-6)40-35(37)23-25-38(12)34(22-26-39(38,40)41-40)31(10)20-19-30(9)29(7)8/h19-20,29-36H,13-18,21-28H2,1-12H3/t30-,31+,32+,33-,34+,35+,36+,37-,38+,39-,40-/m0/s1. The Balaban J connectivity index is 1.54. The van der Waals surface area contributed by atoms with Crippen molar-refractivity contribution >= 4 is 16.1 Å². The van der Waals surface area contributed by atoms with Crippen LogP contribution in [-0.4, -0.2) is 27.3 Å². The van der Waals surface area contributed by atoms with E-state index in [1.807, 2.05) is 0 Å². The first kappa shape index (κ1) is 34.5. The largest absolute Gasteiger partial charge is 0.362 e. The summed E-state index contributed by atoms with van der Waals surface area (Å²) in [5.74, 6) is 4.57. The highest BCUT2D eigenvalue weighted by molar-refractivity contribution is 6.81. The second-order valence-electron chi connectivity index (χ2n) is 18.0. The highest BCUT2D eigenvalue weighted by Crippen LogP contribution is 2.85. The van der Waals surface area contributed by atoms with Crippen LogP contribution in [0.3, 0.4) is 0 Å². The van der Waals surface area contributed by atoms with E-state index in [4.69, 9.17) is 4.74 Å². The lowest BCUT2D eigenvalue weighted by atomic mass is 9.44. The summed E-state index contributed by atoms with van der Waals surface area (Å²) in [5.41, 5.74) is 3.16. The zero-order valence-electron chi connectivity index (χ0n) is 31.1. The minimum absolute atomic E-state index is 0.168. The van der Waals surface area contributed by atoms with Crippen LogP contribution >= 0.6 is 0 Å². The lowest BCUT2D eigenvalue weighted by molar-refractivity contribution is -0.0735. The van der Waals surface area contributed by atoms with Crippen LogP contribution in [0.5, 0.6) is 0 Å². The molecule has 0 N–H and O–H groups in total. The number of ether oxygens (including phenoxy) is 1.